The second-order valence-electron chi connectivity index (χ2n) is 6.17. The first-order chi connectivity index (χ1) is 14.4. The minimum absolute atomic E-state index is 0.00622. The maximum absolute atomic E-state index is 12.8. The molecule has 0 fully saturated rings. The van der Waals surface area contributed by atoms with E-state index < -0.39 is 9.84 Å². The zero-order chi connectivity index (χ0) is 21.6. The first-order valence-electron chi connectivity index (χ1n) is 8.89. The second-order valence-corrected chi connectivity index (χ2v) is 8.12. The fraction of sp³-hybridized carbons (Fsp3) is 0.100. The van der Waals surface area contributed by atoms with Gasteiger partial charge in [0.25, 0.3) is 5.91 Å². The molecule has 0 spiro atoms. The Morgan fingerprint density at radius 3 is 2.30 bits per heavy atom. The number of aliphatic imine (C=N–C) groups is 1. The minimum Gasteiger partial charge on any atom is -0.370 e. The zero-order valence-corrected chi connectivity index (χ0v) is 16.9. The molecule has 3 rings (SSSR count). The van der Waals surface area contributed by atoms with Gasteiger partial charge in [0.15, 0.2) is 5.96 Å². The molecular formula is C20H20N6O3S. The normalized spacial score (nSPS) is 11.7. The summed E-state index contributed by atoms with van der Waals surface area (Å²) in [6.07, 6.45) is 4.44. The summed E-state index contributed by atoms with van der Waals surface area (Å²) >= 11 is 0. The first kappa shape index (κ1) is 20.9. The van der Waals surface area contributed by atoms with Gasteiger partial charge in [0.2, 0.25) is 9.84 Å². The fourth-order valence-electron chi connectivity index (χ4n) is 2.51. The molecule has 0 aliphatic heterocycles. The number of rotatable bonds is 6. The van der Waals surface area contributed by atoms with E-state index >= 15 is 0 Å². The average molecular weight is 424 g/mol. The summed E-state index contributed by atoms with van der Waals surface area (Å²) in [6.45, 7) is 0.284. The van der Waals surface area contributed by atoms with Crippen molar-refractivity contribution in [2.75, 3.05) is 12.4 Å². The van der Waals surface area contributed by atoms with Gasteiger partial charge in [-0.1, -0.05) is 12.1 Å². The molecule has 154 valence electrons. The van der Waals surface area contributed by atoms with Gasteiger partial charge in [0, 0.05) is 31.3 Å². The smallest absolute Gasteiger partial charge is 0.269 e. The van der Waals surface area contributed by atoms with Crippen molar-refractivity contribution in [3.8, 4) is 0 Å². The number of guanidine groups is 1. The average Bonchev–Trinajstić information content (AvgIpc) is 2.78. The number of anilines is 1. The van der Waals surface area contributed by atoms with Gasteiger partial charge in [-0.2, -0.15) is 0 Å². The van der Waals surface area contributed by atoms with Gasteiger partial charge >= 0.3 is 0 Å². The van der Waals surface area contributed by atoms with Crippen molar-refractivity contribution < 1.29 is 13.2 Å². The second kappa shape index (κ2) is 9.14. The first-order valence-corrected chi connectivity index (χ1v) is 10.4. The van der Waals surface area contributed by atoms with Crippen molar-refractivity contribution in [2.45, 2.75) is 16.3 Å². The maximum atomic E-state index is 12.8. The number of hydrogen-bond donors (Lipinski definition) is 3. The number of sulfone groups is 1. The van der Waals surface area contributed by atoms with E-state index in [1.54, 1.807) is 36.7 Å². The lowest BCUT2D eigenvalue weighted by Crippen LogP contribution is -2.22. The van der Waals surface area contributed by atoms with Crippen LogP contribution >= 0.6 is 0 Å². The fourth-order valence-corrected chi connectivity index (χ4v) is 3.72. The molecule has 3 aromatic rings. The van der Waals surface area contributed by atoms with E-state index in [1.165, 1.54) is 37.5 Å². The van der Waals surface area contributed by atoms with E-state index in [0.29, 0.717) is 0 Å². The number of aromatic nitrogens is 2. The van der Waals surface area contributed by atoms with Crippen LogP contribution in [0.5, 0.6) is 0 Å². The van der Waals surface area contributed by atoms with Crippen LogP contribution in [0, 0.1) is 0 Å². The molecular weight excluding hydrogens is 404 g/mol. The highest BCUT2D eigenvalue weighted by Gasteiger charge is 2.18. The Hall–Kier alpha value is -3.79. The number of carbonyl (C=O) groups is 1. The van der Waals surface area contributed by atoms with Crippen molar-refractivity contribution in [3.05, 3.63) is 78.4 Å². The van der Waals surface area contributed by atoms with Crippen LogP contribution in [0.1, 0.15) is 16.1 Å². The van der Waals surface area contributed by atoms with Crippen LogP contribution in [0.3, 0.4) is 0 Å². The molecule has 0 unspecified atom stereocenters. The van der Waals surface area contributed by atoms with E-state index in [0.717, 1.165) is 11.3 Å². The molecule has 0 bridgehead atoms. The number of benzene rings is 1. The van der Waals surface area contributed by atoms with Crippen LogP contribution in [0.25, 0.3) is 0 Å². The number of nitrogens with two attached hydrogens (primary N) is 1. The Morgan fingerprint density at radius 2 is 1.70 bits per heavy atom. The highest BCUT2D eigenvalue weighted by atomic mass is 32.2. The topological polar surface area (TPSA) is 139 Å². The van der Waals surface area contributed by atoms with Gasteiger partial charge in [-0.25, -0.2) is 18.4 Å². The van der Waals surface area contributed by atoms with Gasteiger partial charge in [-0.3, -0.25) is 9.78 Å². The van der Waals surface area contributed by atoms with Gasteiger partial charge in [0.1, 0.15) is 5.69 Å². The molecule has 0 saturated heterocycles. The molecule has 0 atom stereocenters. The van der Waals surface area contributed by atoms with Crippen LogP contribution in [0.2, 0.25) is 0 Å². The summed E-state index contributed by atoms with van der Waals surface area (Å²) in [5.74, 6) is -0.151. The van der Waals surface area contributed by atoms with Crippen molar-refractivity contribution in [1.29, 1.82) is 0 Å². The summed E-state index contributed by atoms with van der Waals surface area (Å²) in [4.78, 5) is 23.7. The van der Waals surface area contributed by atoms with Crippen LogP contribution < -0.4 is 16.4 Å². The van der Waals surface area contributed by atoms with E-state index in [1.807, 2.05) is 0 Å². The molecule has 2 aromatic heterocycles. The lowest BCUT2D eigenvalue weighted by Gasteiger charge is -2.07. The maximum Gasteiger partial charge on any atom is 0.269 e. The molecule has 9 nitrogen and oxygen atoms in total. The third kappa shape index (κ3) is 4.97. The van der Waals surface area contributed by atoms with Gasteiger partial charge < -0.3 is 16.4 Å². The zero-order valence-electron chi connectivity index (χ0n) is 16.1. The van der Waals surface area contributed by atoms with Crippen molar-refractivity contribution in [1.82, 2.24) is 15.3 Å². The summed E-state index contributed by atoms with van der Waals surface area (Å²) in [5, 5.41) is 5.38. The lowest BCUT2D eigenvalue weighted by molar-refractivity contribution is 0.0958. The largest absolute Gasteiger partial charge is 0.370 e. The molecule has 0 saturated carbocycles. The Morgan fingerprint density at radius 1 is 1.03 bits per heavy atom. The minimum atomic E-state index is -3.75. The van der Waals surface area contributed by atoms with Crippen LogP contribution in [-0.4, -0.2) is 37.3 Å². The predicted molar refractivity (Wildman–Crippen MR) is 113 cm³/mol. The van der Waals surface area contributed by atoms with E-state index in [9.17, 15) is 13.2 Å². The number of hydrogen-bond acceptors (Lipinski definition) is 6. The van der Waals surface area contributed by atoms with Crippen molar-refractivity contribution >= 4 is 27.4 Å². The molecule has 1 aromatic carbocycles. The number of amides is 1. The summed E-state index contributed by atoms with van der Waals surface area (Å²) in [6, 6.07) is 12.6. The Labute approximate surface area is 174 Å². The predicted octanol–water partition coefficient (Wildman–Crippen LogP) is 1.60. The third-order valence-corrected chi connectivity index (χ3v) is 5.88. The highest BCUT2D eigenvalue weighted by Crippen LogP contribution is 2.21. The van der Waals surface area contributed by atoms with Crippen LogP contribution in [-0.2, 0) is 16.4 Å². The number of nitrogens with one attached hydrogen (secondary N) is 2. The number of carbonyl (C=O) groups excluding carboxylic acids is 1. The van der Waals surface area contributed by atoms with Crippen LogP contribution in [0.4, 0.5) is 5.69 Å². The third-order valence-electron chi connectivity index (χ3n) is 4.12. The molecule has 30 heavy (non-hydrogen) atoms. The monoisotopic (exact) mass is 424 g/mol. The van der Waals surface area contributed by atoms with Crippen molar-refractivity contribution in [2.24, 2.45) is 10.7 Å². The SMILES string of the molecule is CNC(=O)c1ccc(S(=O)(=O)c2ccc(CN=C(N)Nc3ccncc3)cc2)cn1. The lowest BCUT2D eigenvalue weighted by atomic mass is 10.2. The number of nitrogens with zero attached hydrogens (tertiary/aromatic N) is 3. The quantitative estimate of drug-likeness (QED) is 0.403. The van der Waals surface area contributed by atoms with E-state index in [-0.39, 0.29) is 33.9 Å². The van der Waals surface area contributed by atoms with E-state index in [4.69, 9.17) is 5.73 Å². The molecule has 0 aliphatic rings. The molecule has 1 amide bonds. The molecule has 4 N–H and O–H groups in total. The Balaban J connectivity index is 1.70. The van der Waals surface area contributed by atoms with Gasteiger partial charge in [0.05, 0.1) is 16.3 Å². The molecule has 0 aliphatic carbocycles. The summed E-state index contributed by atoms with van der Waals surface area (Å²) in [7, 11) is -2.27. The summed E-state index contributed by atoms with van der Waals surface area (Å²) < 4.78 is 25.5. The van der Waals surface area contributed by atoms with Crippen LogP contribution in [0.15, 0.2) is 81.9 Å². The van der Waals surface area contributed by atoms with Crippen molar-refractivity contribution in [3.63, 3.8) is 0 Å². The van der Waals surface area contributed by atoms with Gasteiger partial charge in [-0.05, 0) is 42.0 Å². The van der Waals surface area contributed by atoms with E-state index in [2.05, 4.69) is 25.6 Å². The molecule has 0 radical (unpaired) electrons. The number of pyridine rings is 2. The molecule has 2 heterocycles. The van der Waals surface area contributed by atoms with Gasteiger partial charge in [-0.15, -0.1) is 0 Å². The molecule has 10 heteroatoms. The standard InChI is InChI=1S/C20H20N6O3S/c1-22-19(27)18-7-6-17(13-24-18)30(28,29)16-4-2-14(3-5-16)12-25-20(21)26-15-8-10-23-11-9-15/h2-11,13H,12H2,1H3,(H,22,27)(H3,21,23,25,26). The highest BCUT2D eigenvalue weighted by molar-refractivity contribution is 7.91. The Bertz CT molecular complexity index is 1150. The summed E-state index contributed by atoms with van der Waals surface area (Å²) in [5.41, 5.74) is 7.56. The Kier molecular flexibility index (Phi) is 6.38.